The van der Waals surface area contributed by atoms with Gasteiger partial charge in [0, 0.05) is 6.04 Å². The Balaban J connectivity index is 1.85. The van der Waals surface area contributed by atoms with Crippen molar-refractivity contribution in [2.45, 2.75) is 96.7 Å². The third-order valence-corrected chi connectivity index (χ3v) is 5.73. The van der Waals surface area contributed by atoms with Gasteiger partial charge >= 0.3 is 12.0 Å². The molecule has 4 amide bonds. The van der Waals surface area contributed by atoms with Crippen molar-refractivity contribution in [1.82, 2.24) is 15.5 Å². The first-order valence-corrected chi connectivity index (χ1v) is 10.8. The van der Waals surface area contributed by atoms with Gasteiger partial charge in [-0.25, -0.2) is 4.79 Å². The zero-order valence-corrected chi connectivity index (χ0v) is 18.1. The Bertz CT molecular complexity index is 628. The summed E-state index contributed by atoms with van der Waals surface area (Å²) in [5.74, 6) is -1.16. The van der Waals surface area contributed by atoms with E-state index in [0.717, 1.165) is 37.0 Å². The molecule has 1 aliphatic heterocycles. The molecule has 0 radical (unpaired) electrons. The Kier molecular flexibility index (Phi) is 8.05. The third-order valence-electron chi connectivity index (χ3n) is 5.73. The van der Waals surface area contributed by atoms with E-state index in [-0.39, 0.29) is 11.9 Å². The fourth-order valence-electron chi connectivity index (χ4n) is 3.80. The summed E-state index contributed by atoms with van der Waals surface area (Å²) in [6.07, 6.45) is 6.70. The van der Waals surface area contributed by atoms with Gasteiger partial charge in [0.05, 0.1) is 0 Å². The molecular formula is C21H35N3O5. The number of imide groups is 1. The third kappa shape index (κ3) is 6.44. The first-order chi connectivity index (χ1) is 13.6. The van der Waals surface area contributed by atoms with E-state index >= 15 is 0 Å². The highest BCUT2D eigenvalue weighted by Gasteiger charge is 2.48. The highest BCUT2D eigenvalue weighted by Crippen LogP contribution is 2.24. The fourth-order valence-corrected chi connectivity index (χ4v) is 3.80. The summed E-state index contributed by atoms with van der Waals surface area (Å²) in [5, 5.41) is 5.62. The Morgan fingerprint density at radius 3 is 2.38 bits per heavy atom. The molecule has 0 aromatic rings. The molecule has 164 valence electrons. The molecule has 0 aromatic heterocycles. The van der Waals surface area contributed by atoms with E-state index in [0.29, 0.717) is 12.3 Å². The number of hydrogen-bond acceptors (Lipinski definition) is 5. The number of nitrogens with one attached hydrogen (secondary N) is 2. The van der Waals surface area contributed by atoms with Crippen LogP contribution in [0.5, 0.6) is 0 Å². The summed E-state index contributed by atoms with van der Waals surface area (Å²) in [6.45, 7) is 6.76. The van der Waals surface area contributed by atoms with Gasteiger partial charge in [0.1, 0.15) is 12.1 Å². The van der Waals surface area contributed by atoms with Crippen LogP contribution in [0.25, 0.3) is 0 Å². The van der Waals surface area contributed by atoms with Gasteiger partial charge in [0.2, 0.25) is 0 Å². The van der Waals surface area contributed by atoms with Gasteiger partial charge < -0.3 is 15.4 Å². The maximum atomic E-state index is 12.7. The first kappa shape index (κ1) is 23.2. The zero-order valence-electron chi connectivity index (χ0n) is 18.1. The molecule has 0 spiro atoms. The summed E-state index contributed by atoms with van der Waals surface area (Å²) < 4.78 is 5.19. The second kappa shape index (κ2) is 10.1. The van der Waals surface area contributed by atoms with Crippen molar-refractivity contribution in [2.24, 2.45) is 5.92 Å². The van der Waals surface area contributed by atoms with Gasteiger partial charge in [-0.2, -0.15) is 0 Å². The molecule has 0 unspecified atom stereocenters. The predicted molar refractivity (Wildman–Crippen MR) is 108 cm³/mol. The van der Waals surface area contributed by atoms with E-state index in [4.69, 9.17) is 4.74 Å². The average Bonchev–Trinajstić information content (AvgIpc) is 2.83. The lowest BCUT2D eigenvalue weighted by molar-refractivity contribution is -0.156. The van der Waals surface area contributed by atoms with Crippen molar-refractivity contribution < 1.29 is 23.9 Å². The molecule has 1 saturated heterocycles. The van der Waals surface area contributed by atoms with Crippen LogP contribution in [0.15, 0.2) is 0 Å². The van der Waals surface area contributed by atoms with Gasteiger partial charge in [0.25, 0.3) is 11.8 Å². The highest BCUT2D eigenvalue weighted by atomic mass is 16.5. The molecule has 0 bridgehead atoms. The molecule has 8 nitrogen and oxygen atoms in total. The summed E-state index contributed by atoms with van der Waals surface area (Å²) >= 11 is 0. The molecule has 1 saturated carbocycles. The fraction of sp³-hybridized carbons (Fsp3) is 0.810. The summed E-state index contributed by atoms with van der Waals surface area (Å²) in [4.78, 5) is 50.3. The monoisotopic (exact) mass is 409 g/mol. The summed E-state index contributed by atoms with van der Waals surface area (Å²) in [7, 11) is 0. The summed E-state index contributed by atoms with van der Waals surface area (Å²) in [5.41, 5.74) is -1.01. The standard InChI is InChI=1S/C21H35N3O5/c1-14(2)11-12-21(4)19(27)24(20(28)23-21)13-17(25)29-15(3)18(26)22-16-9-7-5-6-8-10-16/h14-16H,5-13H2,1-4H3,(H,22,26)(H,23,28)/t15-,21-/m0/s1. The van der Waals surface area contributed by atoms with Crippen LogP contribution < -0.4 is 10.6 Å². The maximum absolute atomic E-state index is 12.7. The molecule has 2 fully saturated rings. The van der Waals surface area contributed by atoms with Crippen molar-refractivity contribution in [2.75, 3.05) is 6.54 Å². The topological polar surface area (TPSA) is 105 Å². The average molecular weight is 410 g/mol. The molecule has 2 N–H and O–H groups in total. The molecule has 8 heteroatoms. The zero-order chi connectivity index (χ0) is 21.6. The lowest BCUT2D eigenvalue weighted by Crippen LogP contribution is -2.45. The molecule has 0 aromatic carbocycles. The quantitative estimate of drug-likeness (QED) is 0.364. The lowest BCUT2D eigenvalue weighted by Gasteiger charge is -2.23. The van der Waals surface area contributed by atoms with Gasteiger partial charge in [-0.1, -0.05) is 39.5 Å². The van der Waals surface area contributed by atoms with Crippen LogP contribution in [0, 0.1) is 5.92 Å². The number of ether oxygens (including phenoxy) is 1. The van der Waals surface area contributed by atoms with Crippen molar-refractivity contribution in [3.05, 3.63) is 0 Å². The molecule has 1 aliphatic carbocycles. The molecule has 29 heavy (non-hydrogen) atoms. The first-order valence-electron chi connectivity index (χ1n) is 10.8. The SMILES string of the molecule is CC(C)CC[C@]1(C)NC(=O)N(CC(=O)O[C@@H](C)C(=O)NC2CCCCCC2)C1=O. The Labute approximate surface area is 173 Å². The highest BCUT2D eigenvalue weighted by molar-refractivity contribution is 6.08. The molecule has 2 rings (SSSR count). The Morgan fingerprint density at radius 2 is 1.79 bits per heavy atom. The Hall–Kier alpha value is -2.12. The van der Waals surface area contributed by atoms with Gasteiger partial charge in [-0.3, -0.25) is 19.3 Å². The number of esters is 1. The van der Waals surface area contributed by atoms with E-state index < -0.39 is 36.1 Å². The minimum absolute atomic E-state index is 0.110. The maximum Gasteiger partial charge on any atom is 0.327 e. The lowest BCUT2D eigenvalue weighted by atomic mass is 9.92. The van der Waals surface area contributed by atoms with Crippen LogP contribution in [-0.4, -0.2) is 52.9 Å². The smallest absolute Gasteiger partial charge is 0.327 e. The van der Waals surface area contributed by atoms with Crippen LogP contribution in [0.1, 0.15) is 79.1 Å². The van der Waals surface area contributed by atoms with E-state index in [2.05, 4.69) is 10.6 Å². The van der Waals surface area contributed by atoms with E-state index in [1.54, 1.807) is 6.92 Å². The molecule has 2 atom stereocenters. The minimum atomic E-state index is -1.01. The number of carbonyl (C=O) groups excluding carboxylic acids is 4. The van der Waals surface area contributed by atoms with Crippen LogP contribution in [0.2, 0.25) is 0 Å². The van der Waals surface area contributed by atoms with Gasteiger partial charge in [-0.05, 0) is 45.4 Å². The van der Waals surface area contributed by atoms with Crippen LogP contribution in [0.3, 0.4) is 0 Å². The number of nitrogens with zero attached hydrogens (tertiary/aromatic N) is 1. The number of rotatable bonds is 8. The van der Waals surface area contributed by atoms with E-state index in [1.807, 2.05) is 13.8 Å². The van der Waals surface area contributed by atoms with Crippen LogP contribution >= 0.6 is 0 Å². The predicted octanol–water partition coefficient (Wildman–Crippen LogP) is 2.50. The molecule has 2 aliphatic rings. The second-order valence-corrected chi connectivity index (χ2v) is 8.92. The largest absolute Gasteiger partial charge is 0.451 e. The number of amides is 4. The van der Waals surface area contributed by atoms with Crippen molar-refractivity contribution >= 4 is 23.8 Å². The molecular weight excluding hydrogens is 374 g/mol. The normalized spacial score (nSPS) is 24.2. The van der Waals surface area contributed by atoms with Crippen LogP contribution in [0.4, 0.5) is 4.79 Å². The summed E-state index contributed by atoms with van der Waals surface area (Å²) in [6, 6.07) is -0.493. The number of urea groups is 1. The minimum Gasteiger partial charge on any atom is -0.451 e. The van der Waals surface area contributed by atoms with Crippen molar-refractivity contribution in [1.29, 1.82) is 0 Å². The van der Waals surface area contributed by atoms with Crippen molar-refractivity contribution in [3.8, 4) is 0 Å². The van der Waals surface area contributed by atoms with Crippen LogP contribution in [-0.2, 0) is 19.1 Å². The number of hydrogen-bond donors (Lipinski definition) is 2. The number of carbonyl (C=O) groups is 4. The second-order valence-electron chi connectivity index (χ2n) is 8.92. The van der Waals surface area contributed by atoms with E-state index in [1.165, 1.54) is 19.8 Å². The Morgan fingerprint density at radius 1 is 1.17 bits per heavy atom. The van der Waals surface area contributed by atoms with Gasteiger partial charge in [0.15, 0.2) is 6.10 Å². The van der Waals surface area contributed by atoms with Crippen molar-refractivity contribution in [3.63, 3.8) is 0 Å². The van der Waals surface area contributed by atoms with E-state index in [9.17, 15) is 19.2 Å². The molecule has 1 heterocycles. The van der Waals surface area contributed by atoms with Gasteiger partial charge in [-0.15, -0.1) is 0 Å².